The van der Waals surface area contributed by atoms with Crippen LogP contribution < -0.4 is 5.32 Å². The van der Waals surface area contributed by atoms with E-state index in [2.05, 4.69) is 5.32 Å². The summed E-state index contributed by atoms with van der Waals surface area (Å²) in [4.78, 5) is 48.7. The molecule has 8 nitrogen and oxygen atoms in total. The van der Waals surface area contributed by atoms with Crippen molar-refractivity contribution in [2.45, 2.75) is 12.8 Å². The number of imide groups is 1. The summed E-state index contributed by atoms with van der Waals surface area (Å²) in [6.07, 6.45) is 0.0761. The second-order valence-electron chi connectivity index (χ2n) is 5.62. The first-order valence-corrected chi connectivity index (χ1v) is 7.74. The first-order chi connectivity index (χ1) is 12.3. The summed E-state index contributed by atoms with van der Waals surface area (Å²) in [6, 6.07) is 2.13. The number of hydrogen-bond acceptors (Lipinski definition) is 5. The van der Waals surface area contributed by atoms with E-state index in [1.165, 1.54) is 11.9 Å². The van der Waals surface area contributed by atoms with Crippen LogP contribution in [0.1, 0.15) is 12.8 Å². The molecule has 140 valence electrons. The highest BCUT2D eigenvalue weighted by Crippen LogP contribution is 2.15. The Labute approximate surface area is 147 Å². The van der Waals surface area contributed by atoms with E-state index in [1.54, 1.807) is 0 Å². The minimum atomic E-state index is -0.825. The van der Waals surface area contributed by atoms with Gasteiger partial charge in [0.25, 0.3) is 5.91 Å². The number of rotatable bonds is 7. The Morgan fingerprint density at radius 1 is 1.27 bits per heavy atom. The number of ether oxygens (including phenoxy) is 1. The standard InChI is InChI=1S/C16H17F2N3O5/c1-20-8-14(23)21(16(20)25)6-2-3-15(24)26-9-13(22)19-12-7-10(17)4-5-11(12)18/h4-5,7H,2-3,6,8-9H2,1H3,(H,19,22). The zero-order chi connectivity index (χ0) is 19.3. The Kier molecular flexibility index (Phi) is 6.21. The largest absolute Gasteiger partial charge is 0.456 e. The van der Waals surface area contributed by atoms with Crippen LogP contribution in [0.5, 0.6) is 0 Å². The number of nitrogens with one attached hydrogen (secondary N) is 1. The number of benzene rings is 1. The van der Waals surface area contributed by atoms with Gasteiger partial charge in [-0.2, -0.15) is 0 Å². The summed E-state index contributed by atoms with van der Waals surface area (Å²) >= 11 is 0. The number of anilines is 1. The van der Waals surface area contributed by atoms with Crippen LogP contribution >= 0.6 is 0 Å². The van der Waals surface area contributed by atoms with Gasteiger partial charge < -0.3 is 15.0 Å². The molecule has 2 rings (SSSR count). The molecule has 0 saturated carbocycles. The lowest BCUT2D eigenvalue weighted by Crippen LogP contribution is -2.32. The van der Waals surface area contributed by atoms with Crippen molar-refractivity contribution in [2.24, 2.45) is 0 Å². The van der Waals surface area contributed by atoms with Crippen molar-refractivity contribution >= 4 is 29.5 Å². The van der Waals surface area contributed by atoms with Gasteiger partial charge in [-0.3, -0.25) is 19.3 Å². The highest BCUT2D eigenvalue weighted by molar-refractivity contribution is 6.01. The summed E-state index contributed by atoms with van der Waals surface area (Å²) in [5, 5.41) is 2.09. The van der Waals surface area contributed by atoms with E-state index in [0.717, 1.165) is 23.1 Å². The fraction of sp³-hybridized carbons (Fsp3) is 0.375. The van der Waals surface area contributed by atoms with Gasteiger partial charge in [-0.25, -0.2) is 13.6 Å². The van der Waals surface area contributed by atoms with Crippen molar-refractivity contribution in [3.05, 3.63) is 29.8 Å². The molecule has 1 saturated heterocycles. The highest BCUT2D eigenvalue weighted by Gasteiger charge is 2.32. The molecule has 0 aliphatic carbocycles. The van der Waals surface area contributed by atoms with Crippen molar-refractivity contribution in [2.75, 3.05) is 32.1 Å². The van der Waals surface area contributed by atoms with Crippen molar-refractivity contribution in [3.63, 3.8) is 0 Å². The number of urea groups is 1. The second kappa shape index (κ2) is 8.37. The quantitative estimate of drug-likeness (QED) is 0.574. The number of nitrogens with zero attached hydrogens (tertiary/aromatic N) is 2. The molecule has 0 aromatic heterocycles. The second-order valence-corrected chi connectivity index (χ2v) is 5.62. The van der Waals surface area contributed by atoms with Gasteiger partial charge in [-0.15, -0.1) is 0 Å². The van der Waals surface area contributed by atoms with Crippen molar-refractivity contribution < 1.29 is 32.7 Å². The number of halogens is 2. The Hall–Kier alpha value is -3.04. The number of amides is 4. The summed E-state index contributed by atoms with van der Waals surface area (Å²) in [6.45, 7) is -0.600. The predicted molar refractivity (Wildman–Crippen MR) is 84.9 cm³/mol. The topological polar surface area (TPSA) is 96.0 Å². The van der Waals surface area contributed by atoms with E-state index in [9.17, 15) is 28.0 Å². The number of esters is 1. The molecule has 0 bridgehead atoms. The molecule has 1 aromatic rings. The van der Waals surface area contributed by atoms with Gasteiger partial charge in [-0.1, -0.05) is 0 Å². The molecule has 10 heteroatoms. The van der Waals surface area contributed by atoms with E-state index in [0.29, 0.717) is 0 Å². The molecule has 1 heterocycles. The Balaban J connectivity index is 1.70. The first-order valence-electron chi connectivity index (χ1n) is 7.74. The third kappa shape index (κ3) is 4.98. The molecule has 1 fully saturated rings. The van der Waals surface area contributed by atoms with Gasteiger partial charge >= 0.3 is 12.0 Å². The van der Waals surface area contributed by atoms with E-state index >= 15 is 0 Å². The summed E-state index contributed by atoms with van der Waals surface area (Å²) in [5.41, 5.74) is -0.360. The SMILES string of the molecule is CN1CC(=O)N(CCCC(=O)OCC(=O)Nc2cc(F)ccc2F)C1=O. The smallest absolute Gasteiger partial charge is 0.326 e. The molecule has 0 radical (unpaired) electrons. The number of carbonyl (C=O) groups excluding carboxylic acids is 4. The maximum Gasteiger partial charge on any atom is 0.326 e. The fourth-order valence-corrected chi connectivity index (χ4v) is 2.27. The average molecular weight is 369 g/mol. The van der Waals surface area contributed by atoms with Gasteiger partial charge in [0.15, 0.2) is 6.61 Å². The molecular weight excluding hydrogens is 352 g/mol. The third-order valence-corrected chi connectivity index (χ3v) is 3.56. The molecule has 4 amide bonds. The molecule has 1 aliphatic rings. The Morgan fingerprint density at radius 3 is 2.65 bits per heavy atom. The van der Waals surface area contributed by atoms with Crippen LogP contribution in [0.15, 0.2) is 18.2 Å². The van der Waals surface area contributed by atoms with Crippen molar-refractivity contribution in [1.29, 1.82) is 0 Å². The van der Waals surface area contributed by atoms with Crippen LogP contribution in [0.25, 0.3) is 0 Å². The molecular formula is C16H17F2N3O5. The zero-order valence-corrected chi connectivity index (χ0v) is 14.0. The summed E-state index contributed by atoms with van der Waals surface area (Å²) < 4.78 is 31.1. The number of carbonyl (C=O) groups is 4. The molecule has 0 spiro atoms. The molecule has 1 N–H and O–H groups in total. The maximum atomic E-state index is 13.4. The molecule has 1 aliphatic heterocycles. The van der Waals surface area contributed by atoms with Gasteiger partial charge in [0.1, 0.15) is 18.2 Å². The highest BCUT2D eigenvalue weighted by atomic mass is 19.1. The normalized spacial score (nSPS) is 14.0. The van der Waals surface area contributed by atoms with Gasteiger partial charge in [0, 0.05) is 26.1 Å². The van der Waals surface area contributed by atoms with Gasteiger partial charge in [0.2, 0.25) is 5.91 Å². The third-order valence-electron chi connectivity index (χ3n) is 3.56. The summed E-state index contributed by atoms with van der Waals surface area (Å²) in [5.74, 6) is -3.43. The molecule has 1 aromatic carbocycles. The van der Waals surface area contributed by atoms with Crippen molar-refractivity contribution in [3.8, 4) is 0 Å². The maximum absolute atomic E-state index is 13.4. The van der Waals surface area contributed by atoms with E-state index in [4.69, 9.17) is 4.74 Å². The van der Waals surface area contributed by atoms with Gasteiger partial charge in [-0.05, 0) is 18.6 Å². The molecule has 0 atom stereocenters. The van der Waals surface area contributed by atoms with Gasteiger partial charge in [0.05, 0.1) is 5.69 Å². The summed E-state index contributed by atoms with van der Waals surface area (Å²) in [7, 11) is 1.49. The first kappa shape index (κ1) is 19.3. The van der Waals surface area contributed by atoms with Crippen LogP contribution in [0.3, 0.4) is 0 Å². The lowest BCUT2D eigenvalue weighted by atomic mass is 10.3. The molecule has 26 heavy (non-hydrogen) atoms. The van der Waals surface area contributed by atoms with E-state index < -0.39 is 36.1 Å². The predicted octanol–water partition coefficient (Wildman–Crippen LogP) is 1.12. The zero-order valence-electron chi connectivity index (χ0n) is 14.0. The number of hydrogen-bond donors (Lipinski definition) is 1. The van der Waals surface area contributed by atoms with Crippen molar-refractivity contribution in [1.82, 2.24) is 9.80 Å². The average Bonchev–Trinajstić information content (AvgIpc) is 2.82. The fourth-order valence-electron chi connectivity index (χ4n) is 2.27. The van der Waals surface area contributed by atoms with E-state index in [1.807, 2.05) is 0 Å². The lowest BCUT2D eigenvalue weighted by molar-refractivity contribution is -0.147. The number of likely N-dealkylation sites (N-methyl/N-ethyl adjacent to an activating group) is 1. The minimum absolute atomic E-state index is 0.0000901. The van der Waals surface area contributed by atoms with Crippen LogP contribution in [0.2, 0.25) is 0 Å². The van der Waals surface area contributed by atoms with Crippen LogP contribution in [0.4, 0.5) is 19.3 Å². The Morgan fingerprint density at radius 2 is 2.00 bits per heavy atom. The van der Waals surface area contributed by atoms with E-state index in [-0.39, 0.29) is 37.5 Å². The Bertz CT molecular complexity index is 741. The monoisotopic (exact) mass is 369 g/mol. The van der Waals surface area contributed by atoms with Crippen LogP contribution in [-0.4, -0.2) is 60.4 Å². The molecule has 0 unspecified atom stereocenters. The minimum Gasteiger partial charge on any atom is -0.456 e. The lowest BCUT2D eigenvalue weighted by Gasteiger charge is -2.13. The van der Waals surface area contributed by atoms with Crippen LogP contribution in [0, 0.1) is 11.6 Å². The van der Waals surface area contributed by atoms with Crippen LogP contribution in [-0.2, 0) is 19.1 Å².